The number of anilines is 2. The highest BCUT2D eigenvalue weighted by Crippen LogP contribution is 2.32. The van der Waals surface area contributed by atoms with Gasteiger partial charge >= 0.3 is 0 Å². The maximum Gasteiger partial charge on any atom is 0.273 e. The molecule has 0 aliphatic heterocycles. The monoisotopic (exact) mass is 349 g/mol. The van der Waals surface area contributed by atoms with Crippen LogP contribution in [0.3, 0.4) is 0 Å². The van der Waals surface area contributed by atoms with Gasteiger partial charge in [0.05, 0.1) is 5.69 Å². The smallest absolute Gasteiger partial charge is 0.273 e. The number of rotatable bonds is 5. The van der Waals surface area contributed by atoms with Gasteiger partial charge in [-0.05, 0) is 24.1 Å². The fourth-order valence-electron chi connectivity index (χ4n) is 2.82. The summed E-state index contributed by atoms with van der Waals surface area (Å²) in [5.41, 5.74) is 10.5. The van der Waals surface area contributed by atoms with Crippen LogP contribution in [0.5, 0.6) is 0 Å². The van der Waals surface area contributed by atoms with Crippen LogP contribution in [0.2, 0.25) is 0 Å². The van der Waals surface area contributed by atoms with Gasteiger partial charge < -0.3 is 16.0 Å². The lowest BCUT2D eigenvalue weighted by Gasteiger charge is -2.15. The van der Waals surface area contributed by atoms with E-state index in [0.29, 0.717) is 17.7 Å². The molecule has 0 unspecified atom stereocenters. The summed E-state index contributed by atoms with van der Waals surface area (Å²) in [7, 11) is 4.00. The highest BCUT2D eigenvalue weighted by atomic mass is 16.1. The van der Waals surface area contributed by atoms with Gasteiger partial charge in [-0.3, -0.25) is 4.79 Å². The highest BCUT2D eigenvalue weighted by Gasteiger charge is 2.17. The summed E-state index contributed by atoms with van der Waals surface area (Å²) in [6, 6.07) is 14.0. The van der Waals surface area contributed by atoms with Crippen molar-refractivity contribution in [2.45, 2.75) is 13.3 Å². The average Bonchev–Trinajstić information content (AvgIpc) is 2.66. The summed E-state index contributed by atoms with van der Waals surface area (Å²) in [6.45, 7) is 2.57. The molecule has 3 aromatic rings. The van der Waals surface area contributed by atoms with Crippen LogP contribution in [0.25, 0.3) is 22.0 Å². The molecule has 0 aliphatic rings. The molecule has 6 nitrogen and oxygen atoms in total. The van der Waals surface area contributed by atoms with E-state index in [2.05, 4.69) is 21.6 Å². The number of carbonyl (C=O) groups is 1. The van der Waals surface area contributed by atoms with Crippen LogP contribution in [0.4, 0.5) is 11.4 Å². The fourth-order valence-corrected chi connectivity index (χ4v) is 2.82. The molecule has 0 saturated carbocycles. The Morgan fingerprint density at radius 1 is 1.15 bits per heavy atom. The number of benzene rings is 2. The van der Waals surface area contributed by atoms with Crippen molar-refractivity contribution >= 4 is 28.2 Å². The quantitative estimate of drug-likeness (QED) is 0.739. The van der Waals surface area contributed by atoms with Crippen LogP contribution in [-0.2, 0) is 0 Å². The minimum atomic E-state index is -0.293. The number of hydrogen-bond acceptors (Lipinski definition) is 5. The first-order chi connectivity index (χ1) is 12.5. The molecule has 6 heteroatoms. The summed E-state index contributed by atoms with van der Waals surface area (Å²) in [6.07, 6.45) is 0.846. The molecule has 0 fully saturated rings. The van der Waals surface area contributed by atoms with Crippen molar-refractivity contribution < 1.29 is 4.79 Å². The highest BCUT2D eigenvalue weighted by molar-refractivity contribution is 6.07. The lowest BCUT2D eigenvalue weighted by molar-refractivity contribution is 0.0949. The van der Waals surface area contributed by atoms with E-state index >= 15 is 0 Å². The molecular weight excluding hydrogens is 326 g/mol. The van der Waals surface area contributed by atoms with Crippen LogP contribution >= 0.6 is 0 Å². The molecule has 0 radical (unpaired) electrons. The summed E-state index contributed by atoms with van der Waals surface area (Å²) in [5.74, 6) is -0.293. The molecular formula is C20H23N5O. The Morgan fingerprint density at radius 3 is 2.65 bits per heavy atom. The lowest BCUT2D eigenvalue weighted by Crippen LogP contribution is -2.26. The van der Waals surface area contributed by atoms with Crippen molar-refractivity contribution in [2.24, 2.45) is 0 Å². The number of carbonyl (C=O) groups excluding carboxylic acids is 1. The maximum atomic E-state index is 12.2. The van der Waals surface area contributed by atoms with Crippen molar-refractivity contribution in [3.05, 3.63) is 48.2 Å². The largest absolute Gasteiger partial charge is 0.396 e. The molecule has 134 valence electrons. The van der Waals surface area contributed by atoms with Crippen LogP contribution in [-0.4, -0.2) is 36.7 Å². The van der Waals surface area contributed by atoms with E-state index in [9.17, 15) is 4.79 Å². The molecule has 26 heavy (non-hydrogen) atoms. The average molecular weight is 349 g/mol. The number of hydrogen-bond donors (Lipinski definition) is 2. The summed E-state index contributed by atoms with van der Waals surface area (Å²) in [4.78, 5) is 14.3. The fraction of sp³-hybridized carbons (Fsp3) is 0.250. The van der Waals surface area contributed by atoms with Crippen molar-refractivity contribution in [3.63, 3.8) is 0 Å². The summed E-state index contributed by atoms with van der Waals surface area (Å²) < 4.78 is 0. The minimum Gasteiger partial charge on any atom is -0.396 e. The van der Waals surface area contributed by atoms with Crippen molar-refractivity contribution in [3.8, 4) is 11.1 Å². The second-order valence-electron chi connectivity index (χ2n) is 6.36. The Bertz CT molecular complexity index is 952. The van der Waals surface area contributed by atoms with E-state index in [0.717, 1.165) is 28.6 Å². The second kappa shape index (κ2) is 7.39. The van der Waals surface area contributed by atoms with Crippen molar-refractivity contribution in [1.29, 1.82) is 0 Å². The zero-order chi connectivity index (χ0) is 18.7. The molecule has 0 atom stereocenters. The molecule has 1 aromatic heterocycles. The first-order valence-corrected chi connectivity index (χ1v) is 8.63. The number of fused-ring (bicyclic) bond motifs is 1. The summed E-state index contributed by atoms with van der Waals surface area (Å²) in [5, 5.41) is 11.9. The van der Waals surface area contributed by atoms with Crippen LogP contribution < -0.4 is 16.0 Å². The van der Waals surface area contributed by atoms with Gasteiger partial charge in [0.15, 0.2) is 5.69 Å². The molecule has 3 N–H and O–H groups in total. The maximum absolute atomic E-state index is 12.2. The van der Waals surface area contributed by atoms with Gasteiger partial charge in [-0.15, -0.1) is 10.2 Å². The van der Waals surface area contributed by atoms with E-state index in [1.54, 1.807) is 0 Å². The van der Waals surface area contributed by atoms with Gasteiger partial charge in [0.2, 0.25) is 0 Å². The third-order valence-electron chi connectivity index (χ3n) is 4.26. The molecule has 1 amide bonds. The molecule has 2 aromatic carbocycles. The number of aromatic nitrogens is 2. The number of nitrogen functional groups attached to an aromatic ring is 1. The van der Waals surface area contributed by atoms with E-state index in [1.165, 1.54) is 0 Å². The van der Waals surface area contributed by atoms with E-state index in [-0.39, 0.29) is 11.6 Å². The Hall–Kier alpha value is -3.15. The molecule has 3 rings (SSSR count). The van der Waals surface area contributed by atoms with Gasteiger partial charge in [-0.1, -0.05) is 37.3 Å². The van der Waals surface area contributed by atoms with Gasteiger partial charge in [0, 0.05) is 37.3 Å². The Kier molecular flexibility index (Phi) is 5.02. The minimum absolute atomic E-state index is 0.171. The van der Waals surface area contributed by atoms with Gasteiger partial charge in [0.25, 0.3) is 5.91 Å². The van der Waals surface area contributed by atoms with E-state index in [4.69, 9.17) is 5.73 Å². The standard InChI is InChI=1S/C20H23N5O/c1-4-11-22-20(26)19-17(21)16-10-6-9-15(18(16)23-24-19)13-7-5-8-14(12-13)25(2)3/h5-10,12H,4,11H2,1-3H3,(H2,21,23)(H,22,26). The molecule has 0 saturated heterocycles. The Labute approximate surface area is 153 Å². The molecule has 1 heterocycles. The van der Waals surface area contributed by atoms with Gasteiger partial charge in [0.1, 0.15) is 5.52 Å². The normalized spacial score (nSPS) is 10.7. The summed E-state index contributed by atoms with van der Waals surface area (Å²) >= 11 is 0. The van der Waals surface area contributed by atoms with Crippen molar-refractivity contribution in [2.75, 3.05) is 31.3 Å². The second-order valence-corrected chi connectivity index (χ2v) is 6.36. The number of amides is 1. The van der Waals surface area contributed by atoms with Crippen molar-refractivity contribution in [1.82, 2.24) is 15.5 Å². The Morgan fingerprint density at radius 2 is 1.92 bits per heavy atom. The zero-order valence-corrected chi connectivity index (χ0v) is 15.3. The molecule has 0 bridgehead atoms. The third-order valence-corrected chi connectivity index (χ3v) is 4.26. The SMILES string of the molecule is CCCNC(=O)c1nnc2c(-c3cccc(N(C)C)c3)cccc2c1N. The predicted octanol–water partition coefficient (Wildman–Crippen LogP) is 3.08. The zero-order valence-electron chi connectivity index (χ0n) is 15.3. The number of nitrogens with two attached hydrogens (primary N) is 1. The topological polar surface area (TPSA) is 84.1 Å². The van der Waals surface area contributed by atoms with Crippen LogP contribution in [0.1, 0.15) is 23.8 Å². The third kappa shape index (κ3) is 3.31. The van der Waals surface area contributed by atoms with Gasteiger partial charge in [-0.25, -0.2) is 0 Å². The lowest BCUT2D eigenvalue weighted by atomic mass is 10.0. The molecule has 0 aliphatic carbocycles. The predicted molar refractivity (Wildman–Crippen MR) is 106 cm³/mol. The van der Waals surface area contributed by atoms with E-state index in [1.807, 2.05) is 62.3 Å². The van der Waals surface area contributed by atoms with Crippen LogP contribution in [0.15, 0.2) is 42.5 Å². The van der Waals surface area contributed by atoms with E-state index < -0.39 is 0 Å². The number of nitrogens with zero attached hydrogens (tertiary/aromatic N) is 3. The first-order valence-electron chi connectivity index (χ1n) is 8.63. The number of nitrogens with one attached hydrogen (secondary N) is 1. The van der Waals surface area contributed by atoms with Crippen LogP contribution in [0, 0.1) is 0 Å². The first kappa shape index (κ1) is 17.7. The molecule has 0 spiro atoms. The van der Waals surface area contributed by atoms with Gasteiger partial charge in [-0.2, -0.15) is 0 Å². The Balaban J connectivity index is 2.11.